The Labute approximate surface area is 107 Å². The lowest BCUT2D eigenvalue weighted by atomic mass is 9.79. The third-order valence-corrected chi connectivity index (χ3v) is 3.86. The summed E-state index contributed by atoms with van der Waals surface area (Å²) in [6.45, 7) is 0. The van der Waals surface area contributed by atoms with Crippen LogP contribution in [0.15, 0.2) is 48.8 Å². The van der Waals surface area contributed by atoms with Gasteiger partial charge in [0.05, 0.1) is 6.10 Å². The average molecular weight is 239 g/mol. The van der Waals surface area contributed by atoms with E-state index in [1.165, 1.54) is 11.1 Å². The van der Waals surface area contributed by atoms with Crippen LogP contribution < -0.4 is 0 Å². The highest BCUT2D eigenvalue weighted by atomic mass is 16.3. The van der Waals surface area contributed by atoms with E-state index in [9.17, 15) is 5.11 Å². The molecule has 0 radical (unpaired) electrons. The number of rotatable bonds is 2. The van der Waals surface area contributed by atoms with Gasteiger partial charge >= 0.3 is 0 Å². The molecule has 18 heavy (non-hydrogen) atoms. The Bertz CT molecular complexity index is 524. The fraction of sp³-hybridized carbons (Fsp3) is 0.312. The van der Waals surface area contributed by atoms with Gasteiger partial charge in [-0.15, -0.1) is 0 Å². The van der Waals surface area contributed by atoms with Crippen molar-refractivity contribution in [3.05, 3.63) is 65.5 Å². The van der Waals surface area contributed by atoms with Crippen LogP contribution in [-0.4, -0.2) is 10.1 Å². The predicted molar refractivity (Wildman–Crippen MR) is 71.2 cm³/mol. The van der Waals surface area contributed by atoms with Crippen molar-refractivity contribution in [1.29, 1.82) is 0 Å². The highest BCUT2D eigenvalue weighted by molar-refractivity contribution is 5.30. The largest absolute Gasteiger partial charge is 0.388 e. The molecule has 2 nitrogen and oxygen atoms in total. The van der Waals surface area contributed by atoms with Gasteiger partial charge in [-0.25, -0.2) is 0 Å². The van der Waals surface area contributed by atoms with Crippen LogP contribution >= 0.6 is 0 Å². The van der Waals surface area contributed by atoms with Crippen LogP contribution in [0.3, 0.4) is 0 Å². The summed E-state index contributed by atoms with van der Waals surface area (Å²) in [5.41, 5.74) is 3.76. The Morgan fingerprint density at radius 1 is 1.11 bits per heavy atom. The Kier molecular flexibility index (Phi) is 3.11. The molecule has 1 aliphatic rings. The van der Waals surface area contributed by atoms with Crippen LogP contribution in [-0.2, 0) is 12.8 Å². The van der Waals surface area contributed by atoms with Crippen molar-refractivity contribution in [2.75, 3.05) is 0 Å². The van der Waals surface area contributed by atoms with E-state index in [1.54, 1.807) is 12.4 Å². The van der Waals surface area contributed by atoms with Crippen molar-refractivity contribution >= 4 is 0 Å². The molecule has 3 rings (SSSR count). The van der Waals surface area contributed by atoms with E-state index >= 15 is 0 Å². The number of nitrogens with zero attached hydrogens (tertiary/aromatic N) is 1. The molecule has 0 amide bonds. The summed E-state index contributed by atoms with van der Waals surface area (Å²) in [6, 6.07) is 12.4. The Morgan fingerprint density at radius 2 is 1.94 bits per heavy atom. The summed E-state index contributed by atoms with van der Waals surface area (Å²) < 4.78 is 0. The van der Waals surface area contributed by atoms with E-state index in [-0.39, 0.29) is 0 Å². The summed E-state index contributed by atoms with van der Waals surface area (Å²) in [6.07, 6.45) is 6.20. The number of fused-ring (bicyclic) bond motifs is 1. The second-order valence-electron chi connectivity index (χ2n) is 5.00. The molecule has 1 aromatic carbocycles. The van der Waals surface area contributed by atoms with Crippen molar-refractivity contribution in [2.24, 2.45) is 5.92 Å². The zero-order valence-electron chi connectivity index (χ0n) is 10.3. The van der Waals surface area contributed by atoms with E-state index in [4.69, 9.17) is 0 Å². The molecule has 1 aliphatic carbocycles. The molecule has 2 heteroatoms. The Morgan fingerprint density at radius 3 is 2.72 bits per heavy atom. The number of hydrogen-bond acceptors (Lipinski definition) is 2. The van der Waals surface area contributed by atoms with Crippen molar-refractivity contribution in [3.8, 4) is 0 Å². The molecular weight excluding hydrogens is 222 g/mol. The minimum atomic E-state index is -0.396. The van der Waals surface area contributed by atoms with Crippen LogP contribution in [0.2, 0.25) is 0 Å². The van der Waals surface area contributed by atoms with Gasteiger partial charge in [-0.05, 0) is 47.9 Å². The normalized spacial score (nSPS) is 20.2. The van der Waals surface area contributed by atoms with E-state index in [0.717, 1.165) is 24.8 Å². The summed E-state index contributed by atoms with van der Waals surface area (Å²) in [7, 11) is 0. The van der Waals surface area contributed by atoms with Crippen LogP contribution in [0.25, 0.3) is 0 Å². The van der Waals surface area contributed by atoms with Gasteiger partial charge in [0.1, 0.15) is 0 Å². The highest BCUT2D eigenvalue weighted by Crippen LogP contribution is 2.33. The maximum Gasteiger partial charge on any atom is 0.0836 e. The summed E-state index contributed by atoms with van der Waals surface area (Å²) >= 11 is 0. The van der Waals surface area contributed by atoms with Gasteiger partial charge in [0.2, 0.25) is 0 Å². The standard InChI is InChI=1S/C16H17NO/c18-16(15-6-3-9-17-11-15)14-8-7-12-4-1-2-5-13(12)10-14/h1-6,9,11,14,16,18H,7-8,10H2. The molecular formula is C16H17NO. The first-order chi connectivity index (χ1) is 8.84. The first-order valence-electron chi connectivity index (χ1n) is 6.49. The number of aryl methyl sites for hydroxylation is 1. The van der Waals surface area contributed by atoms with Crippen LogP contribution in [0.1, 0.15) is 29.2 Å². The van der Waals surface area contributed by atoms with E-state index in [2.05, 4.69) is 29.2 Å². The smallest absolute Gasteiger partial charge is 0.0836 e. The van der Waals surface area contributed by atoms with Gasteiger partial charge in [-0.3, -0.25) is 4.98 Å². The second-order valence-corrected chi connectivity index (χ2v) is 5.00. The molecule has 1 N–H and O–H groups in total. The first-order valence-corrected chi connectivity index (χ1v) is 6.49. The van der Waals surface area contributed by atoms with Crippen LogP contribution in [0.4, 0.5) is 0 Å². The minimum Gasteiger partial charge on any atom is -0.388 e. The van der Waals surface area contributed by atoms with Gasteiger partial charge < -0.3 is 5.11 Å². The highest BCUT2D eigenvalue weighted by Gasteiger charge is 2.25. The molecule has 92 valence electrons. The Hall–Kier alpha value is -1.67. The lowest BCUT2D eigenvalue weighted by Gasteiger charge is -2.28. The average Bonchev–Trinajstić information content (AvgIpc) is 2.47. The number of aromatic nitrogens is 1. The fourth-order valence-electron chi connectivity index (χ4n) is 2.82. The first kappa shape index (κ1) is 11.4. The second kappa shape index (κ2) is 4.91. The molecule has 0 bridgehead atoms. The minimum absolute atomic E-state index is 0.309. The van der Waals surface area contributed by atoms with Crippen LogP contribution in [0, 0.1) is 5.92 Å². The SMILES string of the molecule is OC(c1cccnc1)C1CCc2ccccc2C1. The number of aliphatic hydroxyl groups excluding tert-OH is 1. The lowest BCUT2D eigenvalue weighted by molar-refractivity contribution is 0.0992. The topological polar surface area (TPSA) is 33.1 Å². The third kappa shape index (κ3) is 2.16. The maximum atomic E-state index is 10.4. The van der Waals surface area contributed by atoms with Gasteiger partial charge in [0.15, 0.2) is 0 Å². The van der Waals surface area contributed by atoms with Crippen molar-refractivity contribution in [2.45, 2.75) is 25.4 Å². The van der Waals surface area contributed by atoms with E-state index < -0.39 is 6.10 Å². The quantitative estimate of drug-likeness (QED) is 0.874. The van der Waals surface area contributed by atoms with Gasteiger partial charge in [0, 0.05) is 12.4 Å². The molecule has 2 atom stereocenters. The third-order valence-electron chi connectivity index (χ3n) is 3.86. The van der Waals surface area contributed by atoms with E-state index in [1.807, 2.05) is 12.1 Å². The zero-order chi connectivity index (χ0) is 12.4. The summed E-state index contributed by atoms with van der Waals surface area (Å²) in [5.74, 6) is 0.309. The molecule has 0 saturated heterocycles. The zero-order valence-corrected chi connectivity index (χ0v) is 10.3. The van der Waals surface area contributed by atoms with Crippen molar-refractivity contribution in [3.63, 3.8) is 0 Å². The molecule has 0 saturated carbocycles. The van der Waals surface area contributed by atoms with Crippen molar-refractivity contribution in [1.82, 2.24) is 4.98 Å². The molecule has 2 unspecified atom stereocenters. The number of aliphatic hydroxyl groups is 1. The van der Waals surface area contributed by atoms with Crippen LogP contribution in [0.5, 0.6) is 0 Å². The predicted octanol–water partition coefficient (Wildman–Crippen LogP) is 2.92. The number of benzene rings is 1. The molecule has 2 aromatic rings. The molecule has 1 aromatic heterocycles. The summed E-state index contributed by atoms with van der Waals surface area (Å²) in [5, 5.41) is 10.4. The van der Waals surface area contributed by atoms with Gasteiger partial charge in [-0.1, -0.05) is 30.3 Å². The molecule has 0 fully saturated rings. The molecule has 0 aliphatic heterocycles. The van der Waals surface area contributed by atoms with E-state index in [0.29, 0.717) is 5.92 Å². The van der Waals surface area contributed by atoms with Gasteiger partial charge in [-0.2, -0.15) is 0 Å². The van der Waals surface area contributed by atoms with Crippen molar-refractivity contribution < 1.29 is 5.11 Å². The van der Waals surface area contributed by atoms with Gasteiger partial charge in [0.25, 0.3) is 0 Å². The fourth-order valence-corrected chi connectivity index (χ4v) is 2.82. The monoisotopic (exact) mass is 239 g/mol. The lowest BCUT2D eigenvalue weighted by Crippen LogP contribution is -2.21. The number of hydrogen-bond donors (Lipinski definition) is 1. The molecule has 0 spiro atoms. The molecule has 1 heterocycles. The summed E-state index contributed by atoms with van der Waals surface area (Å²) in [4.78, 5) is 4.08. The maximum absolute atomic E-state index is 10.4. The number of pyridine rings is 1. The Balaban J connectivity index is 1.80.